The smallest absolute Gasteiger partial charge is 0.336 e. The summed E-state index contributed by atoms with van der Waals surface area (Å²) in [6, 6.07) is 4.59. The Morgan fingerprint density at radius 3 is 2.79 bits per heavy atom. The monoisotopic (exact) mass is 232 g/mol. The van der Waals surface area contributed by atoms with Crippen LogP contribution < -0.4 is 0 Å². The summed E-state index contributed by atoms with van der Waals surface area (Å²) in [5, 5.41) is 18.0. The zero-order valence-electron chi connectivity index (χ0n) is 7.24. The number of benzene rings is 1. The molecule has 0 fully saturated rings. The molecule has 5 heteroatoms. The van der Waals surface area contributed by atoms with Gasteiger partial charge in [0.05, 0.1) is 12.2 Å². The van der Waals surface area contributed by atoms with E-state index in [2.05, 4.69) is 0 Å². The molecule has 0 aromatic heterocycles. The standard InChI is InChI=1S/C9H9ClO3S/c10-6-1-2-7(9(12)13)8(5-6)14-4-3-11/h1-2,5,11H,3-4H2,(H,12,13). The number of aliphatic hydroxyl groups is 1. The number of aromatic carboxylic acids is 1. The molecule has 1 aromatic rings. The van der Waals surface area contributed by atoms with Gasteiger partial charge in [0.2, 0.25) is 0 Å². The summed E-state index contributed by atoms with van der Waals surface area (Å²) in [5.41, 5.74) is 0.216. The van der Waals surface area contributed by atoms with Gasteiger partial charge in [-0.15, -0.1) is 11.8 Å². The van der Waals surface area contributed by atoms with Crippen molar-refractivity contribution >= 4 is 29.3 Å². The van der Waals surface area contributed by atoms with Crippen LogP contribution in [0.5, 0.6) is 0 Å². The molecule has 0 aliphatic carbocycles. The summed E-state index contributed by atoms with van der Waals surface area (Å²) in [4.78, 5) is 11.4. The molecule has 1 aromatic carbocycles. The molecule has 0 bridgehead atoms. The highest BCUT2D eigenvalue weighted by Crippen LogP contribution is 2.26. The van der Waals surface area contributed by atoms with E-state index in [0.717, 1.165) is 0 Å². The summed E-state index contributed by atoms with van der Waals surface area (Å²) in [5.74, 6) is -0.525. The second-order valence-electron chi connectivity index (χ2n) is 2.52. The molecule has 0 aliphatic heterocycles. The van der Waals surface area contributed by atoms with E-state index in [9.17, 15) is 4.79 Å². The Labute approximate surface area is 90.7 Å². The minimum atomic E-state index is -0.984. The van der Waals surface area contributed by atoms with Crippen molar-refractivity contribution in [1.82, 2.24) is 0 Å². The predicted molar refractivity (Wildman–Crippen MR) is 56.2 cm³/mol. The third-order valence-corrected chi connectivity index (χ3v) is 2.79. The molecule has 0 saturated carbocycles. The Morgan fingerprint density at radius 2 is 2.21 bits per heavy atom. The van der Waals surface area contributed by atoms with Crippen LogP contribution in [-0.2, 0) is 0 Å². The number of carbonyl (C=O) groups is 1. The van der Waals surface area contributed by atoms with Gasteiger partial charge in [0.15, 0.2) is 0 Å². The number of thioether (sulfide) groups is 1. The Balaban J connectivity index is 2.97. The first-order valence-corrected chi connectivity index (χ1v) is 5.28. The maximum absolute atomic E-state index is 10.8. The highest BCUT2D eigenvalue weighted by atomic mass is 35.5. The van der Waals surface area contributed by atoms with Crippen LogP contribution >= 0.6 is 23.4 Å². The number of carboxylic acid groups (broad SMARTS) is 1. The number of halogens is 1. The van der Waals surface area contributed by atoms with Gasteiger partial charge in [0, 0.05) is 15.7 Å². The van der Waals surface area contributed by atoms with Crippen molar-refractivity contribution in [2.24, 2.45) is 0 Å². The minimum Gasteiger partial charge on any atom is -0.478 e. The first kappa shape index (κ1) is 11.4. The van der Waals surface area contributed by atoms with E-state index in [1.165, 1.54) is 23.9 Å². The SMILES string of the molecule is O=C(O)c1ccc(Cl)cc1SCCO. The third kappa shape index (κ3) is 2.90. The zero-order chi connectivity index (χ0) is 10.6. The number of carboxylic acids is 1. The number of rotatable bonds is 4. The van der Waals surface area contributed by atoms with E-state index in [0.29, 0.717) is 15.7 Å². The van der Waals surface area contributed by atoms with Crippen molar-refractivity contribution in [2.45, 2.75) is 4.90 Å². The molecule has 0 spiro atoms. The van der Waals surface area contributed by atoms with Crippen LogP contribution in [0.15, 0.2) is 23.1 Å². The Hall–Kier alpha value is -0.710. The van der Waals surface area contributed by atoms with E-state index in [1.807, 2.05) is 0 Å². The molecular formula is C9H9ClO3S. The van der Waals surface area contributed by atoms with Crippen LogP contribution in [0.4, 0.5) is 0 Å². The molecule has 14 heavy (non-hydrogen) atoms. The maximum atomic E-state index is 10.8. The first-order valence-electron chi connectivity index (χ1n) is 3.91. The summed E-state index contributed by atoms with van der Waals surface area (Å²) in [6.07, 6.45) is 0. The molecule has 3 nitrogen and oxygen atoms in total. The average Bonchev–Trinajstić information content (AvgIpc) is 2.14. The molecule has 2 N–H and O–H groups in total. The quantitative estimate of drug-likeness (QED) is 0.781. The fourth-order valence-corrected chi connectivity index (χ4v) is 2.02. The highest BCUT2D eigenvalue weighted by molar-refractivity contribution is 7.99. The molecular weight excluding hydrogens is 224 g/mol. The molecule has 0 atom stereocenters. The number of hydrogen-bond donors (Lipinski definition) is 2. The van der Waals surface area contributed by atoms with E-state index in [-0.39, 0.29) is 12.2 Å². The summed E-state index contributed by atoms with van der Waals surface area (Å²) in [6.45, 7) is 0.0102. The molecule has 0 unspecified atom stereocenters. The van der Waals surface area contributed by atoms with Crippen LogP contribution in [0, 0.1) is 0 Å². The normalized spacial score (nSPS) is 10.1. The van der Waals surface area contributed by atoms with Crippen molar-refractivity contribution < 1.29 is 15.0 Å². The number of aliphatic hydroxyl groups excluding tert-OH is 1. The molecule has 0 heterocycles. The lowest BCUT2D eigenvalue weighted by molar-refractivity contribution is 0.0693. The van der Waals surface area contributed by atoms with Crippen LogP contribution in [0.2, 0.25) is 5.02 Å². The maximum Gasteiger partial charge on any atom is 0.336 e. The topological polar surface area (TPSA) is 57.5 Å². The number of hydrogen-bond acceptors (Lipinski definition) is 3. The van der Waals surface area contributed by atoms with Gasteiger partial charge in [-0.2, -0.15) is 0 Å². The summed E-state index contributed by atoms with van der Waals surface area (Å²) < 4.78 is 0. The highest BCUT2D eigenvalue weighted by Gasteiger charge is 2.10. The Kier molecular flexibility index (Phi) is 4.25. The largest absolute Gasteiger partial charge is 0.478 e. The lowest BCUT2D eigenvalue weighted by Crippen LogP contribution is -1.99. The first-order chi connectivity index (χ1) is 6.65. The van der Waals surface area contributed by atoms with Crippen molar-refractivity contribution in [2.75, 3.05) is 12.4 Å². The van der Waals surface area contributed by atoms with E-state index in [1.54, 1.807) is 6.07 Å². The Morgan fingerprint density at radius 1 is 1.50 bits per heavy atom. The molecule has 0 radical (unpaired) electrons. The fraction of sp³-hybridized carbons (Fsp3) is 0.222. The molecule has 0 aliphatic rings. The van der Waals surface area contributed by atoms with E-state index < -0.39 is 5.97 Å². The van der Waals surface area contributed by atoms with Gasteiger partial charge < -0.3 is 10.2 Å². The van der Waals surface area contributed by atoms with Crippen molar-refractivity contribution in [3.8, 4) is 0 Å². The minimum absolute atomic E-state index is 0.0102. The fourth-order valence-electron chi connectivity index (χ4n) is 0.948. The van der Waals surface area contributed by atoms with Gasteiger partial charge in [0.1, 0.15) is 0 Å². The summed E-state index contributed by atoms with van der Waals surface area (Å²) >= 11 is 7.01. The van der Waals surface area contributed by atoms with Crippen molar-refractivity contribution in [3.63, 3.8) is 0 Å². The van der Waals surface area contributed by atoms with Crippen LogP contribution in [0.25, 0.3) is 0 Å². The van der Waals surface area contributed by atoms with E-state index in [4.69, 9.17) is 21.8 Å². The molecule has 76 valence electrons. The lowest BCUT2D eigenvalue weighted by atomic mass is 10.2. The average molecular weight is 233 g/mol. The van der Waals surface area contributed by atoms with Gasteiger partial charge in [-0.1, -0.05) is 11.6 Å². The molecule has 0 saturated heterocycles. The van der Waals surface area contributed by atoms with Crippen LogP contribution in [-0.4, -0.2) is 28.5 Å². The van der Waals surface area contributed by atoms with Crippen molar-refractivity contribution in [1.29, 1.82) is 0 Å². The zero-order valence-corrected chi connectivity index (χ0v) is 8.81. The summed E-state index contributed by atoms with van der Waals surface area (Å²) in [7, 11) is 0. The molecule has 0 amide bonds. The second-order valence-corrected chi connectivity index (χ2v) is 4.09. The van der Waals surface area contributed by atoms with Crippen LogP contribution in [0.1, 0.15) is 10.4 Å². The van der Waals surface area contributed by atoms with Gasteiger partial charge in [-0.25, -0.2) is 4.79 Å². The van der Waals surface area contributed by atoms with Gasteiger partial charge in [0.25, 0.3) is 0 Å². The van der Waals surface area contributed by atoms with Gasteiger partial charge in [-0.05, 0) is 18.2 Å². The van der Waals surface area contributed by atoms with Gasteiger partial charge in [-0.3, -0.25) is 0 Å². The van der Waals surface area contributed by atoms with Crippen LogP contribution in [0.3, 0.4) is 0 Å². The second kappa shape index (κ2) is 5.24. The van der Waals surface area contributed by atoms with E-state index >= 15 is 0 Å². The van der Waals surface area contributed by atoms with Gasteiger partial charge >= 0.3 is 5.97 Å². The van der Waals surface area contributed by atoms with Crippen molar-refractivity contribution in [3.05, 3.63) is 28.8 Å². The third-order valence-electron chi connectivity index (χ3n) is 1.52. The Bertz CT molecular complexity index is 341. The predicted octanol–water partition coefficient (Wildman–Crippen LogP) is 2.12. The molecule has 1 rings (SSSR count). The lowest BCUT2D eigenvalue weighted by Gasteiger charge is -2.04.